The highest BCUT2D eigenvalue weighted by molar-refractivity contribution is 8.00. The Morgan fingerprint density at radius 3 is 1.55 bits per heavy atom. The number of nitrogens with one attached hydrogen (secondary N) is 3. The Balaban J connectivity index is 1.05. The molecule has 0 bridgehead atoms. The van der Waals surface area contributed by atoms with Crippen molar-refractivity contribution in [1.82, 2.24) is 30.7 Å². The van der Waals surface area contributed by atoms with Gasteiger partial charge in [0.15, 0.2) is 6.10 Å². The van der Waals surface area contributed by atoms with Crippen molar-refractivity contribution in [1.29, 1.82) is 5.26 Å². The molecule has 20 nitrogen and oxygen atoms in total. The lowest BCUT2D eigenvalue weighted by Gasteiger charge is -2.24. The number of thioether (sulfide) groups is 1. The highest BCUT2D eigenvalue weighted by Crippen LogP contribution is 2.53. The molecule has 1 aromatic rings. The number of imide groups is 3. The number of nitriles is 1. The van der Waals surface area contributed by atoms with E-state index in [9.17, 15) is 63.4 Å². The van der Waals surface area contributed by atoms with Crippen LogP contribution >= 0.6 is 11.8 Å². The average Bonchev–Trinajstić information content (AvgIpc) is 1.97. The number of aliphatic hydroxyl groups excluding tert-OH is 1. The van der Waals surface area contributed by atoms with E-state index in [0.717, 1.165) is 5.56 Å². The monoisotopic (exact) mass is 1180 g/mol. The van der Waals surface area contributed by atoms with Gasteiger partial charge in [-0.3, -0.25) is 57.9 Å². The molecule has 3 heterocycles. The Bertz CT molecular complexity index is 2780. The Morgan fingerprint density at radius 1 is 0.690 bits per heavy atom. The molecule has 21 heteroatoms. The number of carboxylic acids is 1. The second kappa shape index (κ2) is 29.4. The number of aliphatic hydroxyl groups is 1. The minimum Gasteiger partial charge on any atom is -0.479 e. The standard InChI is InChI=1S/C63H83N7O13S/c1-7-40-32-42(50-49(40)56(75)68(57(50)76)26-12-17-48(73)66-25-31-84-46(35-63(5,6)36-64)55(74)67-37(2)3)20-21-44-34-45(54-53(44)58(77)69(59(54)78)27-11-16-47(72)65-24-29-71)23-22-43-33-41(19-18-39-14-9-8-10-15-39)51-52(43)61(80)70(60(51)79)28-13-30-83-38(4)62(81)82/h7-10,14-15,18-23,37-38,40-46,49-54,71H,1,11-13,16-17,24-35H2,2-6H3,(H,65,72)(H,66,73)(H,67,74)(H,81,82)/b19-18+,21-20-,23-22-. The number of fused-ring (bicyclic) bond motifs is 3. The van der Waals surface area contributed by atoms with E-state index in [1.54, 1.807) is 19.9 Å². The smallest absolute Gasteiger partial charge is 0.332 e. The van der Waals surface area contributed by atoms with Crippen LogP contribution in [0.1, 0.15) is 98.0 Å². The molecular formula is C63H83N7O13S. The van der Waals surface area contributed by atoms with E-state index in [-0.39, 0.29) is 149 Å². The normalized spacial score (nSPS) is 28.2. The second-order valence-electron chi connectivity index (χ2n) is 24.2. The zero-order valence-corrected chi connectivity index (χ0v) is 49.7. The summed E-state index contributed by atoms with van der Waals surface area (Å²) in [6.07, 6.45) is 14.6. The maximum atomic E-state index is 14.5. The van der Waals surface area contributed by atoms with Crippen LogP contribution in [0.2, 0.25) is 0 Å². The number of hydrogen-bond donors (Lipinski definition) is 5. The second-order valence-corrected chi connectivity index (χ2v) is 25.5. The molecule has 3 saturated carbocycles. The Hall–Kier alpha value is -6.76. The quantitative estimate of drug-likeness (QED) is 0.0374. The van der Waals surface area contributed by atoms with Gasteiger partial charge in [0.1, 0.15) is 0 Å². The van der Waals surface area contributed by atoms with Crippen molar-refractivity contribution in [3.8, 4) is 6.07 Å². The van der Waals surface area contributed by atoms with Crippen molar-refractivity contribution in [3.05, 3.63) is 78.9 Å². The van der Waals surface area contributed by atoms with Gasteiger partial charge in [0, 0.05) is 64.0 Å². The van der Waals surface area contributed by atoms with Crippen LogP contribution in [0.3, 0.4) is 0 Å². The zero-order chi connectivity index (χ0) is 61.0. The number of hydrogen-bond acceptors (Lipinski definition) is 14. The first-order valence-electron chi connectivity index (χ1n) is 29.7. The highest BCUT2D eigenvalue weighted by atomic mass is 32.2. The van der Waals surface area contributed by atoms with Crippen LogP contribution in [0.15, 0.2) is 73.4 Å². The van der Waals surface area contributed by atoms with Crippen molar-refractivity contribution < 1.29 is 62.9 Å². The Morgan fingerprint density at radius 2 is 1.12 bits per heavy atom. The molecule has 3 aliphatic carbocycles. The third kappa shape index (κ3) is 15.4. The van der Waals surface area contributed by atoms with E-state index in [4.69, 9.17) is 4.74 Å². The number of benzene rings is 1. The molecule has 3 saturated heterocycles. The Labute approximate surface area is 496 Å². The van der Waals surface area contributed by atoms with Crippen molar-refractivity contribution in [2.24, 2.45) is 76.4 Å². The molecule has 14 atom stereocenters. The maximum absolute atomic E-state index is 14.5. The lowest BCUT2D eigenvalue weighted by Crippen LogP contribution is -2.39. The van der Waals surface area contributed by atoms with Crippen molar-refractivity contribution in [3.63, 3.8) is 0 Å². The minimum atomic E-state index is -1.12. The summed E-state index contributed by atoms with van der Waals surface area (Å²) >= 11 is 1.37. The lowest BCUT2D eigenvalue weighted by molar-refractivity contribution is -0.150. The van der Waals surface area contributed by atoms with Crippen LogP contribution in [0.4, 0.5) is 0 Å². The molecule has 14 unspecified atom stereocenters. The number of carbonyl (C=O) groups is 10. The summed E-state index contributed by atoms with van der Waals surface area (Å²) in [6, 6.07) is 11.8. The molecule has 0 spiro atoms. The van der Waals surface area contributed by atoms with Gasteiger partial charge < -0.3 is 30.9 Å². The van der Waals surface area contributed by atoms with Crippen LogP contribution in [0.25, 0.3) is 6.08 Å². The summed E-state index contributed by atoms with van der Waals surface area (Å²) in [5.41, 5.74) is 0.208. The predicted octanol–water partition coefficient (Wildman–Crippen LogP) is 4.94. The average molecular weight is 1180 g/mol. The summed E-state index contributed by atoms with van der Waals surface area (Å²) in [6.45, 7) is 12.9. The zero-order valence-electron chi connectivity index (χ0n) is 48.9. The number of rotatable bonds is 31. The number of aliphatic carboxylic acids is 1. The van der Waals surface area contributed by atoms with Gasteiger partial charge in [-0.25, -0.2) is 4.79 Å². The molecule has 7 rings (SSSR count). The van der Waals surface area contributed by atoms with Crippen LogP contribution in [-0.4, -0.2) is 153 Å². The van der Waals surface area contributed by atoms with Crippen molar-refractivity contribution in [2.45, 2.75) is 110 Å². The van der Waals surface area contributed by atoms with Gasteiger partial charge in [-0.2, -0.15) is 5.26 Å². The predicted molar refractivity (Wildman–Crippen MR) is 313 cm³/mol. The fourth-order valence-electron chi connectivity index (χ4n) is 13.3. The summed E-state index contributed by atoms with van der Waals surface area (Å²) in [7, 11) is 0. The van der Waals surface area contributed by atoms with E-state index < -0.39 is 81.9 Å². The first-order chi connectivity index (χ1) is 40.1. The molecule has 0 radical (unpaired) electrons. The third-order valence-corrected chi connectivity index (χ3v) is 18.7. The van der Waals surface area contributed by atoms with E-state index in [1.165, 1.54) is 33.4 Å². The summed E-state index contributed by atoms with van der Waals surface area (Å²) in [5.74, 6) is -10.2. The Kier molecular flexibility index (Phi) is 22.6. The summed E-state index contributed by atoms with van der Waals surface area (Å²) in [4.78, 5) is 139. The topological polar surface area (TPSA) is 290 Å². The third-order valence-electron chi connectivity index (χ3n) is 17.4. The maximum Gasteiger partial charge on any atom is 0.332 e. The van der Waals surface area contributed by atoms with E-state index in [1.807, 2.05) is 80.6 Å². The molecule has 84 heavy (non-hydrogen) atoms. The van der Waals surface area contributed by atoms with Crippen LogP contribution < -0.4 is 16.0 Å². The van der Waals surface area contributed by atoms with Gasteiger partial charge in [0.25, 0.3) is 0 Å². The number of nitrogens with zero attached hydrogens (tertiary/aromatic N) is 4. The van der Waals surface area contributed by atoms with Crippen molar-refractivity contribution in [2.75, 3.05) is 51.7 Å². The number of ether oxygens (including phenoxy) is 1. The summed E-state index contributed by atoms with van der Waals surface area (Å²) in [5, 5.41) is 35.9. The van der Waals surface area contributed by atoms with Gasteiger partial charge in [-0.1, -0.05) is 72.9 Å². The number of carboxylic acid groups (broad SMARTS) is 1. The van der Waals surface area contributed by atoms with Gasteiger partial charge in [0.2, 0.25) is 53.2 Å². The largest absolute Gasteiger partial charge is 0.479 e. The van der Waals surface area contributed by atoms with Crippen LogP contribution in [0, 0.1) is 87.8 Å². The molecule has 3 aliphatic heterocycles. The minimum absolute atomic E-state index is 0.00106. The fraction of sp³-hybridized carbons (Fsp3) is 0.603. The van der Waals surface area contributed by atoms with E-state index in [2.05, 4.69) is 28.6 Å². The number of carbonyl (C=O) groups excluding carboxylic acids is 9. The molecule has 9 amide bonds. The molecular weight excluding hydrogens is 1090 g/mol. The highest BCUT2D eigenvalue weighted by Gasteiger charge is 2.60. The first-order valence-corrected chi connectivity index (χ1v) is 30.8. The SMILES string of the molecule is C=CC1CC(/C=C\C2CC(/C=C\C3CC(/C=C/c4ccccc4)C4C(=O)N(CCCOC(C)C(=O)O)C(=O)C34)C3C(=O)N(CCCC(=O)NCCO)C(=O)C23)C2C(=O)N(CCCC(=O)NCCSC(CC(C)(C)C#N)C(=O)NC(C)C)C(=O)C12. The van der Waals surface area contributed by atoms with Gasteiger partial charge in [-0.05, 0) is 121 Å². The molecule has 1 aromatic carbocycles. The number of allylic oxidation sites excluding steroid dienone is 6. The van der Waals surface area contributed by atoms with E-state index >= 15 is 0 Å². The van der Waals surface area contributed by atoms with Crippen LogP contribution in [-0.2, 0) is 52.7 Å². The van der Waals surface area contributed by atoms with Crippen LogP contribution in [0.5, 0.6) is 0 Å². The molecule has 6 fully saturated rings. The molecule has 5 N–H and O–H groups in total. The van der Waals surface area contributed by atoms with E-state index in [0.29, 0.717) is 31.4 Å². The summed E-state index contributed by atoms with van der Waals surface area (Å²) < 4.78 is 5.39. The molecule has 454 valence electrons. The van der Waals surface area contributed by atoms with Gasteiger partial charge >= 0.3 is 5.97 Å². The van der Waals surface area contributed by atoms with Gasteiger partial charge in [0.05, 0.1) is 58.8 Å². The lowest BCUT2D eigenvalue weighted by atomic mass is 9.86. The number of likely N-dealkylation sites (tertiary alicyclic amines) is 3. The molecule has 6 aliphatic rings. The van der Waals surface area contributed by atoms with Gasteiger partial charge in [-0.15, -0.1) is 18.3 Å². The van der Waals surface area contributed by atoms with Crippen molar-refractivity contribution >= 4 is 77.0 Å². The molecule has 0 aromatic heterocycles. The first kappa shape index (κ1) is 64.8. The fourth-order valence-corrected chi connectivity index (χ4v) is 14.6. The number of amides is 9.